The van der Waals surface area contributed by atoms with Crippen molar-refractivity contribution in [3.8, 4) is 0 Å². The van der Waals surface area contributed by atoms with Crippen LogP contribution in [0.2, 0.25) is 20.1 Å². The predicted octanol–water partition coefficient (Wildman–Crippen LogP) is 9.03. The number of nitrogens with zero attached hydrogens (tertiary/aromatic N) is 2. The van der Waals surface area contributed by atoms with Crippen molar-refractivity contribution in [2.75, 3.05) is 50.9 Å². The molecule has 73 heavy (non-hydrogen) atoms. The van der Waals surface area contributed by atoms with Gasteiger partial charge in [0.2, 0.25) is 5.92 Å². The number of fused-ring (bicyclic) bond motifs is 2. The van der Waals surface area contributed by atoms with Crippen molar-refractivity contribution >= 4 is 99.5 Å². The van der Waals surface area contributed by atoms with E-state index in [0.29, 0.717) is 37.9 Å². The summed E-state index contributed by atoms with van der Waals surface area (Å²) >= 11 is 25.4. The lowest BCUT2D eigenvalue weighted by molar-refractivity contribution is -0.241. The lowest BCUT2D eigenvalue weighted by Gasteiger charge is -2.33. The van der Waals surface area contributed by atoms with Gasteiger partial charge in [-0.15, -0.1) is 0 Å². The Morgan fingerprint density at radius 3 is 1.41 bits per heavy atom. The highest BCUT2D eigenvalue weighted by Crippen LogP contribution is 2.40. The van der Waals surface area contributed by atoms with E-state index in [0.717, 1.165) is 59.6 Å². The fourth-order valence-corrected chi connectivity index (χ4v) is 10.3. The van der Waals surface area contributed by atoms with Crippen LogP contribution in [0.15, 0.2) is 72.8 Å². The molecule has 2 fully saturated rings. The van der Waals surface area contributed by atoms with Crippen LogP contribution in [0.4, 0.5) is 21.0 Å². The summed E-state index contributed by atoms with van der Waals surface area (Å²) in [5.41, 5.74) is 7.71. The Morgan fingerprint density at radius 2 is 0.986 bits per heavy atom. The lowest BCUT2D eigenvalue weighted by atomic mass is 9.85. The molecule has 0 aliphatic carbocycles. The Bertz CT molecular complexity index is 2750. The number of benzene rings is 4. The quantitative estimate of drug-likeness (QED) is 0.0594. The van der Waals surface area contributed by atoms with E-state index in [1.54, 1.807) is 24.3 Å². The van der Waals surface area contributed by atoms with Crippen LogP contribution < -0.4 is 21.3 Å². The molecular formula is C52H56Cl4N6O11. The molecule has 4 aromatic rings. The van der Waals surface area contributed by atoms with Gasteiger partial charge in [-0.05, 0) is 109 Å². The molecule has 2 atom stereocenters. The zero-order chi connectivity index (χ0) is 52.9. The number of Topliss-reactive ketones (excluding diaryl/α,β-unsaturated/α-hetero) is 1. The highest BCUT2D eigenvalue weighted by Gasteiger charge is 2.47. The first-order valence-electron chi connectivity index (χ1n) is 23.5. The number of cyclic esters (lactones) is 4. The van der Waals surface area contributed by atoms with Gasteiger partial charge in [0.15, 0.2) is 11.7 Å². The smallest absolute Gasteiger partial charge is 0.331 e. The van der Waals surface area contributed by atoms with Crippen LogP contribution in [0.25, 0.3) is 0 Å². The average molecular weight is 1080 g/mol. The second-order valence-electron chi connectivity index (χ2n) is 19.2. The molecule has 0 radical (unpaired) electrons. The summed E-state index contributed by atoms with van der Waals surface area (Å²) in [6.07, 6.45) is 0.414. The monoisotopic (exact) mass is 1080 g/mol. The molecular weight excluding hydrogens is 1030 g/mol. The van der Waals surface area contributed by atoms with E-state index in [-0.39, 0.29) is 43.8 Å². The number of esters is 4. The molecule has 4 amide bonds. The molecule has 0 saturated carbocycles. The zero-order valence-corrected chi connectivity index (χ0v) is 44.0. The summed E-state index contributed by atoms with van der Waals surface area (Å²) < 4.78 is 20.1. The van der Waals surface area contributed by atoms with E-state index in [1.165, 1.54) is 27.7 Å². The summed E-state index contributed by atoms with van der Waals surface area (Å²) in [5, 5.41) is 13.3. The second-order valence-corrected chi connectivity index (χ2v) is 20.9. The standard InChI is InChI=1S/C26H27Cl2N3O6.C26H29Cl2N3O5/c1-26(2)36-23(33)22(24(34)37-26)21(32)8-9-29-25(35)30-16-6-4-14(5-7-16)18-12-31(3)13-19-17(18)10-15(27)11-20(19)28;1-26(2)35-23(32)18(24(33)36-26)5-4-10-29-25(34)30-17-8-6-15(7-9-17)20-13-31(3)14-21-19(20)11-16(27)12-22(21)28/h4-7,10-11,18,22H,8-9,12-13H2,1-3H3,(H2,29,30,35);6-9,11-12,18,20H,4-5,10,13-14H2,1-3H3,(H2,29,30,34). The summed E-state index contributed by atoms with van der Waals surface area (Å²) in [7, 11) is 4.09. The SMILES string of the molecule is CN1Cc2c(Cl)cc(Cl)cc2C(c2ccc(NC(=O)NCCC(=O)C3C(=O)OC(C)(C)OC3=O)cc2)C1.CN1Cc2c(Cl)cc(Cl)cc2C(c2ccc(NC(=O)NCCCC3C(=O)OC(C)(C)OC3=O)cc2)C1. The molecule has 4 aliphatic rings. The Balaban J connectivity index is 0.000000214. The molecule has 4 heterocycles. The molecule has 2 saturated heterocycles. The number of rotatable bonds is 12. The van der Waals surface area contributed by atoms with Crippen molar-refractivity contribution in [3.05, 3.63) is 126 Å². The van der Waals surface area contributed by atoms with E-state index < -0.39 is 59.1 Å². The van der Waals surface area contributed by atoms with Gasteiger partial charge in [-0.1, -0.05) is 70.7 Å². The van der Waals surface area contributed by atoms with Gasteiger partial charge in [0.05, 0.1) is 0 Å². The number of hydrogen-bond acceptors (Lipinski definition) is 13. The number of carbonyl (C=O) groups is 7. The number of likely N-dealkylation sites (N-methyl/N-ethyl adjacent to an activating group) is 2. The maximum atomic E-state index is 12.3. The number of ether oxygens (including phenoxy) is 4. The van der Waals surface area contributed by atoms with Gasteiger partial charge in [-0.2, -0.15) is 0 Å². The van der Waals surface area contributed by atoms with Gasteiger partial charge in [-0.25, -0.2) is 9.59 Å². The third-order valence-corrected chi connectivity index (χ3v) is 13.6. The number of amides is 4. The molecule has 0 bridgehead atoms. The number of halogens is 4. The number of anilines is 2. The Hall–Kier alpha value is -5.95. The van der Waals surface area contributed by atoms with Crippen molar-refractivity contribution in [2.45, 2.75) is 83.5 Å². The molecule has 21 heteroatoms. The molecule has 8 rings (SSSR count). The van der Waals surface area contributed by atoms with Crippen LogP contribution in [-0.2, 0) is 56.0 Å². The Morgan fingerprint density at radius 1 is 0.589 bits per heavy atom. The molecule has 2 unspecified atom stereocenters. The summed E-state index contributed by atoms with van der Waals surface area (Å²) in [6.45, 7) is 9.17. The fourth-order valence-electron chi connectivity index (χ4n) is 9.12. The van der Waals surface area contributed by atoms with E-state index >= 15 is 0 Å². The van der Waals surface area contributed by atoms with Crippen LogP contribution in [0, 0.1) is 11.8 Å². The van der Waals surface area contributed by atoms with Gasteiger partial charge in [-0.3, -0.25) is 24.0 Å². The predicted molar refractivity (Wildman–Crippen MR) is 275 cm³/mol. The van der Waals surface area contributed by atoms with Gasteiger partial charge in [0, 0.05) is 117 Å². The minimum absolute atomic E-state index is 0.0718. The molecule has 388 valence electrons. The number of ketones is 1. The average Bonchev–Trinajstić information content (AvgIpc) is 3.28. The van der Waals surface area contributed by atoms with Gasteiger partial charge in [0.25, 0.3) is 11.6 Å². The normalized spacial score (nSPS) is 19.6. The summed E-state index contributed by atoms with van der Waals surface area (Å²) in [5.74, 6) is -8.86. The number of urea groups is 2. The van der Waals surface area contributed by atoms with Crippen molar-refractivity contribution in [1.29, 1.82) is 0 Å². The summed E-state index contributed by atoms with van der Waals surface area (Å²) in [4.78, 5) is 89.4. The first kappa shape index (κ1) is 54.8. The number of carbonyl (C=O) groups excluding carboxylic acids is 7. The van der Waals surface area contributed by atoms with Crippen LogP contribution in [0.5, 0.6) is 0 Å². The highest BCUT2D eigenvalue weighted by molar-refractivity contribution is 6.36. The zero-order valence-electron chi connectivity index (χ0n) is 41.0. The first-order valence-corrected chi connectivity index (χ1v) is 25.0. The molecule has 4 aromatic carbocycles. The largest absolute Gasteiger partial charge is 0.422 e. The van der Waals surface area contributed by atoms with Crippen LogP contribution in [0.1, 0.15) is 92.2 Å². The highest BCUT2D eigenvalue weighted by atomic mass is 35.5. The third kappa shape index (κ3) is 14.0. The van der Waals surface area contributed by atoms with Crippen LogP contribution >= 0.6 is 46.4 Å². The van der Waals surface area contributed by atoms with Crippen LogP contribution in [-0.4, -0.2) is 103 Å². The van der Waals surface area contributed by atoms with Gasteiger partial charge >= 0.3 is 35.9 Å². The van der Waals surface area contributed by atoms with Crippen molar-refractivity contribution in [2.24, 2.45) is 11.8 Å². The van der Waals surface area contributed by atoms with Crippen molar-refractivity contribution in [1.82, 2.24) is 20.4 Å². The molecule has 4 N–H and O–H groups in total. The van der Waals surface area contributed by atoms with E-state index in [2.05, 4.69) is 38.1 Å². The third-order valence-electron chi connectivity index (χ3n) is 12.5. The maximum absolute atomic E-state index is 12.3. The number of nitrogens with one attached hydrogen (secondary N) is 4. The minimum Gasteiger partial charge on any atom is -0.422 e. The van der Waals surface area contributed by atoms with Crippen LogP contribution in [0.3, 0.4) is 0 Å². The second kappa shape index (κ2) is 23.1. The van der Waals surface area contributed by atoms with Gasteiger partial charge in [0.1, 0.15) is 0 Å². The van der Waals surface area contributed by atoms with Crippen molar-refractivity contribution < 1.29 is 52.5 Å². The molecule has 0 aromatic heterocycles. The molecule has 0 spiro atoms. The van der Waals surface area contributed by atoms with Gasteiger partial charge < -0.3 is 50.0 Å². The van der Waals surface area contributed by atoms with E-state index in [1.807, 2.05) is 55.6 Å². The minimum atomic E-state index is -1.64. The maximum Gasteiger partial charge on any atom is 0.331 e. The van der Waals surface area contributed by atoms with E-state index in [4.69, 9.17) is 65.4 Å². The molecule has 4 aliphatic heterocycles. The fraction of sp³-hybridized carbons (Fsp3) is 0.404. The Kier molecular flexibility index (Phi) is 17.3. The molecule has 17 nitrogen and oxygen atoms in total. The lowest BCUT2D eigenvalue weighted by Crippen LogP contribution is -2.49. The summed E-state index contributed by atoms with van der Waals surface area (Å²) in [6, 6.07) is 21.7. The van der Waals surface area contributed by atoms with Crippen molar-refractivity contribution in [3.63, 3.8) is 0 Å². The Labute approximate surface area is 442 Å². The first-order chi connectivity index (χ1) is 34.5. The van der Waals surface area contributed by atoms with E-state index in [9.17, 15) is 33.6 Å². The number of hydrogen-bond donors (Lipinski definition) is 4. The topological polar surface area (TPSA) is 211 Å².